The van der Waals surface area contributed by atoms with Crippen molar-refractivity contribution in [3.63, 3.8) is 0 Å². The molecule has 0 radical (unpaired) electrons. The first-order valence-electron chi connectivity index (χ1n) is 5.16. The Morgan fingerprint density at radius 1 is 1.25 bits per heavy atom. The Hall–Kier alpha value is -0.330. The van der Waals surface area contributed by atoms with Crippen LogP contribution in [0.2, 0.25) is 0 Å². The molecule has 3 nitrogen and oxygen atoms in total. The molecule has 0 aromatic heterocycles. The Morgan fingerprint density at radius 2 is 1.88 bits per heavy atom. The Balaban J connectivity index is 2.69. The Kier molecular flexibility index (Phi) is 5.51. The second-order valence-electron chi connectivity index (χ2n) is 3.74. The van der Waals surface area contributed by atoms with Crippen LogP contribution < -0.4 is 5.32 Å². The van der Waals surface area contributed by atoms with Gasteiger partial charge in [0.15, 0.2) is 6.29 Å². The summed E-state index contributed by atoms with van der Waals surface area (Å²) in [4.78, 5) is 0. The number of halogens is 1. The minimum Gasteiger partial charge on any atom is -0.377 e. The minimum atomic E-state index is -0.237. The number of methoxy groups -OCH3 is 2. The van der Waals surface area contributed by atoms with Crippen molar-refractivity contribution < 1.29 is 9.47 Å². The summed E-state index contributed by atoms with van der Waals surface area (Å²) in [7, 11) is 3.29. The average Bonchev–Trinajstić information content (AvgIpc) is 2.25. The first kappa shape index (κ1) is 13.7. The third kappa shape index (κ3) is 3.61. The summed E-state index contributed by atoms with van der Waals surface area (Å²) in [6.45, 7) is 4.13. The van der Waals surface area contributed by atoms with Crippen LogP contribution in [0.4, 0.5) is 5.69 Å². The predicted molar refractivity (Wildman–Crippen MR) is 74.8 cm³/mol. The molecule has 1 atom stereocenters. The van der Waals surface area contributed by atoms with Crippen LogP contribution in [0, 0.1) is 10.5 Å². The summed E-state index contributed by atoms with van der Waals surface area (Å²) >= 11 is 2.33. The van der Waals surface area contributed by atoms with Crippen LogP contribution in [0.3, 0.4) is 0 Å². The topological polar surface area (TPSA) is 30.5 Å². The van der Waals surface area contributed by atoms with Crippen LogP contribution in [0.5, 0.6) is 0 Å². The summed E-state index contributed by atoms with van der Waals surface area (Å²) in [6, 6.07) is 6.39. The Bertz CT molecular complexity index is 340. The van der Waals surface area contributed by atoms with Crippen molar-refractivity contribution in [1.82, 2.24) is 0 Å². The van der Waals surface area contributed by atoms with Gasteiger partial charge in [-0.2, -0.15) is 0 Å². The lowest BCUT2D eigenvalue weighted by Crippen LogP contribution is -2.33. The fraction of sp³-hybridized carbons (Fsp3) is 0.500. The van der Waals surface area contributed by atoms with Gasteiger partial charge in [0.2, 0.25) is 0 Å². The van der Waals surface area contributed by atoms with Crippen molar-refractivity contribution >= 4 is 28.3 Å². The van der Waals surface area contributed by atoms with Gasteiger partial charge in [-0.05, 0) is 54.1 Å². The average molecular weight is 335 g/mol. The van der Waals surface area contributed by atoms with Crippen LogP contribution in [0.1, 0.15) is 12.5 Å². The third-order valence-electron chi connectivity index (χ3n) is 2.44. The monoisotopic (exact) mass is 335 g/mol. The summed E-state index contributed by atoms with van der Waals surface area (Å²) in [5.41, 5.74) is 2.37. The zero-order chi connectivity index (χ0) is 12.1. The Morgan fingerprint density at radius 3 is 2.38 bits per heavy atom. The number of hydrogen-bond donors (Lipinski definition) is 1. The molecule has 0 aliphatic heterocycles. The molecule has 1 rings (SSSR count). The van der Waals surface area contributed by atoms with Crippen LogP contribution in [0.25, 0.3) is 0 Å². The van der Waals surface area contributed by atoms with Gasteiger partial charge in [0.05, 0.1) is 6.04 Å². The van der Waals surface area contributed by atoms with E-state index in [-0.39, 0.29) is 12.3 Å². The van der Waals surface area contributed by atoms with E-state index in [4.69, 9.17) is 9.47 Å². The Labute approximate surface area is 111 Å². The van der Waals surface area contributed by atoms with E-state index < -0.39 is 0 Å². The maximum atomic E-state index is 5.20. The molecule has 0 saturated carbocycles. The number of anilines is 1. The van der Waals surface area contributed by atoms with Crippen LogP contribution in [-0.2, 0) is 9.47 Å². The van der Waals surface area contributed by atoms with Crippen LogP contribution in [-0.4, -0.2) is 26.6 Å². The molecular formula is C12H18INO2. The van der Waals surface area contributed by atoms with Gasteiger partial charge in [-0.3, -0.25) is 0 Å². The predicted octanol–water partition coefficient (Wildman–Crippen LogP) is 3.02. The number of hydrogen-bond acceptors (Lipinski definition) is 3. The molecule has 90 valence electrons. The molecule has 4 heteroatoms. The van der Waals surface area contributed by atoms with Crippen LogP contribution in [0.15, 0.2) is 18.2 Å². The zero-order valence-electron chi connectivity index (χ0n) is 10.1. The first-order chi connectivity index (χ1) is 7.58. The highest BCUT2D eigenvalue weighted by atomic mass is 127. The lowest BCUT2D eigenvalue weighted by atomic mass is 10.2. The highest BCUT2D eigenvalue weighted by Gasteiger charge is 2.15. The smallest absolute Gasteiger partial charge is 0.176 e. The standard InChI is InChI=1S/C12H18INO2/c1-8-5-6-10(7-11(8)13)14-9(2)12(15-3)16-4/h5-7,9,12,14H,1-4H3. The molecule has 1 unspecified atom stereocenters. The summed E-state index contributed by atoms with van der Waals surface area (Å²) in [6.07, 6.45) is -0.237. The van der Waals surface area contributed by atoms with Crippen molar-refractivity contribution in [3.8, 4) is 0 Å². The lowest BCUT2D eigenvalue weighted by molar-refractivity contribution is -0.109. The molecule has 16 heavy (non-hydrogen) atoms. The van der Waals surface area contributed by atoms with Crippen molar-refractivity contribution in [1.29, 1.82) is 0 Å². The second-order valence-corrected chi connectivity index (χ2v) is 4.90. The molecule has 0 spiro atoms. The van der Waals surface area contributed by atoms with Gasteiger partial charge in [0.25, 0.3) is 0 Å². The second kappa shape index (κ2) is 6.42. The molecule has 0 bridgehead atoms. The number of rotatable bonds is 5. The summed E-state index contributed by atoms with van der Waals surface area (Å²) in [5, 5.41) is 3.36. The van der Waals surface area contributed by atoms with E-state index >= 15 is 0 Å². The van der Waals surface area contributed by atoms with Crippen molar-refractivity contribution in [2.45, 2.75) is 26.2 Å². The van der Waals surface area contributed by atoms with Gasteiger partial charge in [0.1, 0.15) is 0 Å². The van der Waals surface area contributed by atoms with Crippen molar-refractivity contribution in [2.75, 3.05) is 19.5 Å². The number of nitrogens with one attached hydrogen (secondary N) is 1. The van der Waals surface area contributed by atoms with Gasteiger partial charge in [-0.1, -0.05) is 6.07 Å². The molecule has 0 heterocycles. The van der Waals surface area contributed by atoms with E-state index in [1.165, 1.54) is 9.13 Å². The molecule has 1 N–H and O–H groups in total. The van der Waals surface area contributed by atoms with E-state index in [2.05, 4.69) is 53.0 Å². The van der Waals surface area contributed by atoms with Gasteiger partial charge in [-0.25, -0.2) is 0 Å². The molecule has 0 saturated heterocycles. The fourth-order valence-electron chi connectivity index (χ4n) is 1.52. The molecule has 1 aromatic rings. The quantitative estimate of drug-likeness (QED) is 0.663. The van der Waals surface area contributed by atoms with E-state index in [9.17, 15) is 0 Å². The molecule has 0 aliphatic rings. The lowest BCUT2D eigenvalue weighted by Gasteiger charge is -2.23. The van der Waals surface area contributed by atoms with E-state index in [0.717, 1.165) is 5.69 Å². The maximum Gasteiger partial charge on any atom is 0.176 e. The fourth-order valence-corrected chi connectivity index (χ4v) is 2.03. The van der Waals surface area contributed by atoms with E-state index in [0.29, 0.717) is 0 Å². The van der Waals surface area contributed by atoms with Gasteiger partial charge in [0, 0.05) is 23.5 Å². The van der Waals surface area contributed by atoms with Crippen LogP contribution >= 0.6 is 22.6 Å². The molecule has 0 amide bonds. The molecule has 1 aromatic carbocycles. The number of benzene rings is 1. The minimum absolute atomic E-state index is 0.105. The number of aryl methyl sites for hydroxylation is 1. The molecule has 0 fully saturated rings. The normalized spacial score (nSPS) is 12.9. The highest BCUT2D eigenvalue weighted by Crippen LogP contribution is 2.18. The maximum absolute atomic E-state index is 5.20. The van der Waals surface area contributed by atoms with Gasteiger partial charge in [-0.15, -0.1) is 0 Å². The van der Waals surface area contributed by atoms with E-state index in [1.807, 2.05) is 6.92 Å². The SMILES string of the molecule is COC(OC)C(C)Nc1ccc(C)c(I)c1. The number of ether oxygens (including phenoxy) is 2. The van der Waals surface area contributed by atoms with Crippen molar-refractivity contribution in [2.24, 2.45) is 0 Å². The van der Waals surface area contributed by atoms with E-state index in [1.54, 1.807) is 14.2 Å². The van der Waals surface area contributed by atoms with Crippen molar-refractivity contribution in [3.05, 3.63) is 27.3 Å². The van der Waals surface area contributed by atoms with Gasteiger partial charge < -0.3 is 14.8 Å². The highest BCUT2D eigenvalue weighted by molar-refractivity contribution is 14.1. The zero-order valence-corrected chi connectivity index (χ0v) is 12.2. The first-order valence-corrected chi connectivity index (χ1v) is 6.24. The summed E-state index contributed by atoms with van der Waals surface area (Å²) in [5.74, 6) is 0. The molecule has 0 aliphatic carbocycles. The third-order valence-corrected chi connectivity index (χ3v) is 3.60. The summed E-state index contributed by atoms with van der Waals surface area (Å²) < 4.78 is 11.7. The molecular weight excluding hydrogens is 317 g/mol. The largest absolute Gasteiger partial charge is 0.377 e. The van der Waals surface area contributed by atoms with Gasteiger partial charge >= 0.3 is 0 Å².